The number of carbonyl (C=O) groups excluding carboxylic acids is 1. The molecule has 0 spiro atoms. The predicted molar refractivity (Wildman–Crippen MR) is 126 cm³/mol. The molecule has 4 aromatic rings. The van der Waals surface area contributed by atoms with Gasteiger partial charge in [-0.05, 0) is 54.7 Å². The number of hydrogen-bond acceptors (Lipinski definition) is 5. The van der Waals surface area contributed by atoms with Crippen LogP contribution in [0, 0.1) is 0 Å². The molecule has 0 unspecified atom stereocenters. The summed E-state index contributed by atoms with van der Waals surface area (Å²) < 4.78 is 5.09. The molecule has 3 aromatic carbocycles. The molecule has 4 rings (SSSR count). The van der Waals surface area contributed by atoms with Crippen molar-refractivity contribution in [1.82, 2.24) is 20.3 Å². The van der Waals surface area contributed by atoms with Gasteiger partial charge >= 0.3 is 0 Å². The number of benzene rings is 3. The van der Waals surface area contributed by atoms with E-state index in [9.17, 15) is 4.79 Å². The van der Waals surface area contributed by atoms with Gasteiger partial charge in [0.1, 0.15) is 16.8 Å². The lowest BCUT2D eigenvalue weighted by Crippen LogP contribution is -2.34. The van der Waals surface area contributed by atoms with Gasteiger partial charge in [0, 0.05) is 5.56 Å². The number of methoxy groups -OCH3 is 1. The number of carbonyl (C=O) groups is 1. The number of amides is 1. The zero-order valence-electron chi connectivity index (χ0n) is 16.1. The Morgan fingerprint density at radius 3 is 2.39 bits per heavy atom. The third kappa shape index (κ3) is 4.61. The van der Waals surface area contributed by atoms with Crippen LogP contribution in [-0.2, 0) is 0 Å². The van der Waals surface area contributed by atoms with Crippen molar-refractivity contribution in [3.8, 4) is 11.4 Å². The molecule has 0 aliphatic rings. The Morgan fingerprint density at radius 1 is 1.00 bits per heavy atom. The Labute approximate surface area is 192 Å². The quantitative estimate of drug-likeness (QED) is 0.413. The van der Waals surface area contributed by atoms with E-state index in [1.807, 2.05) is 30.3 Å². The Morgan fingerprint density at radius 2 is 1.71 bits per heavy atom. The van der Waals surface area contributed by atoms with E-state index in [0.29, 0.717) is 38.1 Å². The number of para-hydroxylation sites is 1. The second kappa shape index (κ2) is 8.89. The molecule has 1 aromatic heterocycles. The van der Waals surface area contributed by atoms with Crippen molar-refractivity contribution < 1.29 is 9.53 Å². The molecule has 0 atom stereocenters. The summed E-state index contributed by atoms with van der Waals surface area (Å²) in [4.78, 5) is 14.0. The summed E-state index contributed by atoms with van der Waals surface area (Å²) in [6, 6.07) is 17.6. The Hall–Kier alpha value is -3.20. The molecule has 0 saturated heterocycles. The van der Waals surface area contributed by atoms with E-state index in [0.717, 1.165) is 5.69 Å². The Bertz CT molecular complexity index is 1290. The van der Waals surface area contributed by atoms with Gasteiger partial charge < -0.3 is 10.1 Å². The number of nitrogens with one attached hydrogen (secondary N) is 2. The van der Waals surface area contributed by atoms with Crippen LogP contribution in [0.2, 0.25) is 10.0 Å². The van der Waals surface area contributed by atoms with Crippen LogP contribution in [0.25, 0.3) is 16.7 Å². The number of ether oxygens (including phenoxy) is 1. The van der Waals surface area contributed by atoms with Crippen LogP contribution in [0.4, 0.5) is 5.69 Å². The number of aromatic nitrogens is 3. The number of rotatable bonds is 4. The van der Waals surface area contributed by atoms with Gasteiger partial charge in [0.2, 0.25) is 0 Å². The first-order valence-corrected chi connectivity index (χ1v) is 10.2. The van der Waals surface area contributed by atoms with Crippen molar-refractivity contribution >= 4 is 63.2 Å². The average molecular weight is 472 g/mol. The van der Waals surface area contributed by atoms with Gasteiger partial charge in [-0.3, -0.25) is 10.1 Å². The number of halogens is 2. The van der Waals surface area contributed by atoms with Gasteiger partial charge in [-0.1, -0.05) is 41.4 Å². The first-order valence-electron chi connectivity index (χ1n) is 9.02. The van der Waals surface area contributed by atoms with E-state index in [1.165, 1.54) is 18.0 Å². The highest BCUT2D eigenvalue weighted by Gasteiger charge is 2.14. The molecule has 0 bridgehead atoms. The molecule has 1 amide bonds. The van der Waals surface area contributed by atoms with Crippen molar-refractivity contribution in [3.63, 3.8) is 0 Å². The van der Waals surface area contributed by atoms with Crippen LogP contribution in [0.5, 0.6) is 5.75 Å². The van der Waals surface area contributed by atoms with Crippen molar-refractivity contribution in [1.29, 1.82) is 0 Å². The van der Waals surface area contributed by atoms with E-state index < -0.39 is 5.91 Å². The summed E-state index contributed by atoms with van der Waals surface area (Å²) in [6.07, 6.45) is 0. The maximum Gasteiger partial charge on any atom is 0.257 e. The standard InChI is InChI=1S/C21H15Cl2N5O2S/c1-30-19-8-7-12(9-15(19)23)20(29)25-21(31)24-16-11-18-17(10-14(16)22)26-28(27-18)13-5-3-2-4-6-13/h2-11H,1H3,(H2,24,25,29,31). The average Bonchev–Trinajstić information content (AvgIpc) is 3.17. The fraction of sp³-hybridized carbons (Fsp3) is 0.0476. The molecule has 0 radical (unpaired) electrons. The van der Waals surface area contributed by atoms with Gasteiger partial charge in [-0.15, -0.1) is 10.2 Å². The Balaban J connectivity index is 1.51. The number of nitrogens with zero attached hydrogens (tertiary/aromatic N) is 3. The number of hydrogen-bond donors (Lipinski definition) is 2. The molecular weight excluding hydrogens is 457 g/mol. The molecular formula is C21H15Cl2N5O2S. The van der Waals surface area contributed by atoms with E-state index in [2.05, 4.69) is 20.8 Å². The molecule has 0 aliphatic heterocycles. The van der Waals surface area contributed by atoms with Gasteiger partial charge in [-0.2, -0.15) is 4.80 Å². The van der Waals surface area contributed by atoms with Crippen molar-refractivity contribution in [2.75, 3.05) is 12.4 Å². The second-order valence-corrected chi connectivity index (χ2v) is 7.63. The number of fused-ring (bicyclic) bond motifs is 1. The number of thiocarbonyl (C=S) groups is 1. The van der Waals surface area contributed by atoms with Gasteiger partial charge in [-0.25, -0.2) is 0 Å². The van der Waals surface area contributed by atoms with Crippen molar-refractivity contribution in [3.05, 3.63) is 76.3 Å². The van der Waals surface area contributed by atoms with Gasteiger partial charge in [0.25, 0.3) is 5.91 Å². The third-order valence-electron chi connectivity index (χ3n) is 4.35. The highest BCUT2D eigenvalue weighted by Crippen LogP contribution is 2.27. The topological polar surface area (TPSA) is 81.1 Å². The maximum absolute atomic E-state index is 12.5. The summed E-state index contributed by atoms with van der Waals surface area (Å²) in [6.45, 7) is 0. The largest absolute Gasteiger partial charge is 0.495 e. The summed E-state index contributed by atoms with van der Waals surface area (Å²) in [5.74, 6) is 0.0526. The fourth-order valence-electron chi connectivity index (χ4n) is 2.85. The minimum absolute atomic E-state index is 0.0774. The zero-order valence-corrected chi connectivity index (χ0v) is 18.4. The lowest BCUT2D eigenvalue weighted by atomic mass is 10.2. The van der Waals surface area contributed by atoms with Gasteiger partial charge in [0.05, 0.1) is 28.5 Å². The highest BCUT2D eigenvalue weighted by molar-refractivity contribution is 7.80. The monoisotopic (exact) mass is 471 g/mol. The van der Waals surface area contributed by atoms with Crippen molar-refractivity contribution in [2.24, 2.45) is 0 Å². The van der Waals surface area contributed by atoms with Gasteiger partial charge in [0.15, 0.2) is 5.11 Å². The summed E-state index contributed by atoms with van der Waals surface area (Å²) >= 11 is 17.7. The maximum atomic E-state index is 12.5. The number of anilines is 1. The van der Waals surface area contributed by atoms with Crippen LogP contribution >= 0.6 is 35.4 Å². The minimum atomic E-state index is -0.422. The summed E-state index contributed by atoms with van der Waals surface area (Å²) in [7, 11) is 1.50. The van der Waals surface area contributed by atoms with E-state index >= 15 is 0 Å². The molecule has 31 heavy (non-hydrogen) atoms. The highest BCUT2D eigenvalue weighted by atomic mass is 35.5. The Kier molecular flexibility index (Phi) is 6.03. The lowest BCUT2D eigenvalue weighted by Gasteiger charge is -2.11. The molecule has 7 nitrogen and oxygen atoms in total. The third-order valence-corrected chi connectivity index (χ3v) is 5.16. The van der Waals surface area contributed by atoms with Crippen LogP contribution in [0.3, 0.4) is 0 Å². The first-order chi connectivity index (χ1) is 14.9. The molecule has 0 saturated carbocycles. The van der Waals surface area contributed by atoms with E-state index in [-0.39, 0.29) is 5.11 Å². The minimum Gasteiger partial charge on any atom is -0.495 e. The molecule has 156 valence electrons. The molecule has 10 heteroatoms. The molecule has 0 aliphatic carbocycles. The fourth-order valence-corrected chi connectivity index (χ4v) is 3.51. The predicted octanol–water partition coefficient (Wildman–Crippen LogP) is 4.86. The SMILES string of the molecule is COc1ccc(C(=O)NC(=S)Nc2cc3nn(-c4ccccc4)nc3cc2Cl)cc1Cl. The lowest BCUT2D eigenvalue weighted by molar-refractivity contribution is 0.0977. The van der Waals surface area contributed by atoms with E-state index in [4.69, 9.17) is 40.2 Å². The van der Waals surface area contributed by atoms with Crippen LogP contribution in [0.1, 0.15) is 10.4 Å². The first kappa shape index (κ1) is 21.0. The van der Waals surface area contributed by atoms with Crippen LogP contribution in [-0.4, -0.2) is 33.1 Å². The zero-order chi connectivity index (χ0) is 22.0. The smallest absolute Gasteiger partial charge is 0.257 e. The summed E-state index contributed by atoms with van der Waals surface area (Å²) in [5.41, 5.74) is 2.90. The second-order valence-electron chi connectivity index (χ2n) is 6.40. The van der Waals surface area contributed by atoms with Crippen LogP contribution < -0.4 is 15.4 Å². The normalized spacial score (nSPS) is 10.7. The molecule has 2 N–H and O–H groups in total. The van der Waals surface area contributed by atoms with Crippen LogP contribution in [0.15, 0.2) is 60.7 Å². The summed E-state index contributed by atoms with van der Waals surface area (Å²) in [5, 5.41) is 15.2. The van der Waals surface area contributed by atoms with Crippen molar-refractivity contribution in [2.45, 2.75) is 0 Å². The molecule has 1 heterocycles. The van der Waals surface area contributed by atoms with E-state index in [1.54, 1.807) is 24.3 Å². The molecule has 0 fully saturated rings.